The predicted octanol–water partition coefficient (Wildman–Crippen LogP) is 4.35. The Kier molecular flexibility index (Phi) is 6.32. The summed E-state index contributed by atoms with van der Waals surface area (Å²) in [7, 11) is 0. The van der Waals surface area contributed by atoms with Crippen LogP contribution in [0.25, 0.3) is 11.0 Å². The molecule has 9 heteroatoms. The summed E-state index contributed by atoms with van der Waals surface area (Å²) in [5.41, 5.74) is 2.75. The second-order valence-corrected chi connectivity index (χ2v) is 8.72. The highest BCUT2D eigenvalue weighted by Gasteiger charge is 2.25. The second kappa shape index (κ2) is 9.16. The van der Waals surface area contributed by atoms with Gasteiger partial charge in [0.25, 0.3) is 5.91 Å². The van der Waals surface area contributed by atoms with Crippen LogP contribution in [0.1, 0.15) is 42.4 Å². The van der Waals surface area contributed by atoms with Crippen molar-refractivity contribution in [3.8, 4) is 0 Å². The molecule has 3 heterocycles. The molecule has 3 amide bonds. The number of carbonyl (C=O) groups is 2. The molecule has 0 spiro atoms. The number of fused-ring (bicyclic) bond motifs is 1. The summed E-state index contributed by atoms with van der Waals surface area (Å²) >= 11 is 5.90. The summed E-state index contributed by atoms with van der Waals surface area (Å²) < 4.78 is 1.86. The average molecular weight is 455 g/mol. The van der Waals surface area contributed by atoms with Crippen molar-refractivity contribution in [2.45, 2.75) is 33.2 Å². The van der Waals surface area contributed by atoms with Crippen LogP contribution in [0.3, 0.4) is 0 Å². The fourth-order valence-electron chi connectivity index (χ4n) is 3.89. The Morgan fingerprint density at radius 1 is 1.06 bits per heavy atom. The summed E-state index contributed by atoms with van der Waals surface area (Å²) in [4.78, 5) is 34.2. The smallest absolute Gasteiger partial charge is 0.321 e. The molecule has 2 aromatic heterocycles. The summed E-state index contributed by atoms with van der Waals surface area (Å²) in [5.74, 6) is -0.0610. The number of aromatic nitrogens is 3. The molecule has 1 aliphatic rings. The maximum atomic E-state index is 13.3. The number of hydrogen-bond donors (Lipinski definition) is 1. The van der Waals surface area contributed by atoms with Gasteiger partial charge < -0.3 is 15.1 Å². The molecule has 0 bridgehead atoms. The Morgan fingerprint density at radius 2 is 1.75 bits per heavy atom. The van der Waals surface area contributed by atoms with Gasteiger partial charge in [0, 0.05) is 48.3 Å². The predicted molar refractivity (Wildman–Crippen MR) is 125 cm³/mol. The van der Waals surface area contributed by atoms with E-state index in [9.17, 15) is 9.59 Å². The van der Waals surface area contributed by atoms with Crippen LogP contribution in [0.15, 0.2) is 36.5 Å². The van der Waals surface area contributed by atoms with Crippen molar-refractivity contribution in [1.82, 2.24) is 24.6 Å². The van der Waals surface area contributed by atoms with E-state index in [0.29, 0.717) is 54.6 Å². The third-order valence-electron chi connectivity index (χ3n) is 5.65. The summed E-state index contributed by atoms with van der Waals surface area (Å²) in [6.45, 7) is 8.06. The minimum absolute atomic E-state index is 0.0610. The number of anilines is 1. The number of amides is 3. The van der Waals surface area contributed by atoms with E-state index in [0.717, 1.165) is 11.0 Å². The quantitative estimate of drug-likeness (QED) is 0.637. The van der Waals surface area contributed by atoms with E-state index in [1.807, 2.05) is 17.7 Å². The third kappa shape index (κ3) is 4.55. The number of carbonyl (C=O) groups excluding carboxylic acids is 2. The molecule has 4 rings (SSSR count). The van der Waals surface area contributed by atoms with Crippen LogP contribution in [-0.2, 0) is 0 Å². The molecule has 1 aliphatic heterocycles. The maximum Gasteiger partial charge on any atom is 0.321 e. The first-order chi connectivity index (χ1) is 15.3. The van der Waals surface area contributed by atoms with Gasteiger partial charge in [-0.1, -0.05) is 11.6 Å². The molecule has 0 atom stereocenters. The zero-order valence-corrected chi connectivity index (χ0v) is 19.3. The summed E-state index contributed by atoms with van der Waals surface area (Å²) in [6, 6.07) is 8.89. The number of pyridine rings is 1. The van der Waals surface area contributed by atoms with Gasteiger partial charge in [-0.25, -0.2) is 14.5 Å². The number of aryl methyl sites for hydroxylation is 1. The van der Waals surface area contributed by atoms with Crippen molar-refractivity contribution in [1.29, 1.82) is 0 Å². The lowest BCUT2D eigenvalue weighted by molar-refractivity contribution is 0.0761. The second-order valence-electron chi connectivity index (χ2n) is 8.29. The summed E-state index contributed by atoms with van der Waals surface area (Å²) in [5, 5.41) is 8.76. The van der Waals surface area contributed by atoms with E-state index >= 15 is 0 Å². The fraction of sp³-hybridized carbons (Fsp3) is 0.391. The number of urea groups is 1. The van der Waals surface area contributed by atoms with E-state index < -0.39 is 0 Å². The monoisotopic (exact) mass is 454 g/mol. The highest BCUT2D eigenvalue weighted by Crippen LogP contribution is 2.21. The largest absolute Gasteiger partial charge is 0.337 e. The first-order valence-electron chi connectivity index (χ1n) is 10.8. The van der Waals surface area contributed by atoms with Crippen LogP contribution >= 0.6 is 11.6 Å². The van der Waals surface area contributed by atoms with Crippen LogP contribution < -0.4 is 5.32 Å². The van der Waals surface area contributed by atoms with Gasteiger partial charge in [0.05, 0.1) is 17.5 Å². The van der Waals surface area contributed by atoms with Crippen molar-refractivity contribution >= 4 is 40.3 Å². The van der Waals surface area contributed by atoms with Crippen LogP contribution in [0.4, 0.5) is 10.5 Å². The molecule has 168 valence electrons. The Morgan fingerprint density at radius 3 is 2.47 bits per heavy atom. The normalized spacial score (nSPS) is 14.7. The Labute approximate surface area is 192 Å². The number of benzene rings is 1. The molecule has 0 radical (unpaired) electrons. The van der Waals surface area contributed by atoms with Crippen LogP contribution in [0.5, 0.6) is 0 Å². The molecule has 1 fully saturated rings. The molecular weight excluding hydrogens is 428 g/mol. The van der Waals surface area contributed by atoms with Gasteiger partial charge in [0.2, 0.25) is 0 Å². The molecule has 8 nitrogen and oxygen atoms in total. The lowest BCUT2D eigenvalue weighted by Crippen LogP contribution is -2.39. The molecule has 1 aromatic carbocycles. The van der Waals surface area contributed by atoms with Gasteiger partial charge >= 0.3 is 6.03 Å². The van der Waals surface area contributed by atoms with Crippen molar-refractivity contribution in [2.75, 3.05) is 31.5 Å². The minimum atomic E-state index is -0.179. The van der Waals surface area contributed by atoms with Crippen LogP contribution in [0, 0.1) is 6.92 Å². The molecular formula is C23H27ClN6O2. The van der Waals surface area contributed by atoms with Gasteiger partial charge in [-0.3, -0.25) is 4.79 Å². The Balaban J connectivity index is 1.45. The molecule has 1 N–H and O–H groups in total. The third-order valence-corrected chi connectivity index (χ3v) is 5.90. The van der Waals surface area contributed by atoms with Crippen molar-refractivity contribution < 1.29 is 9.59 Å². The van der Waals surface area contributed by atoms with Gasteiger partial charge in [0.15, 0.2) is 5.65 Å². The lowest BCUT2D eigenvalue weighted by atomic mass is 10.1. The molecule has 0 saturated carbocycles. The minimum Gasteiger partial charge on any atom is -0.337 e. The van der Waals surface area contributed by atoms with Gasteiger partial charge in [-0.15, -0.1) is 0 Å². The molecule has 0 unspecified atom stereocenters. The SMILES string of the molecule is Cc1nc2c(cnn2C(C)C)cc1C(=O)N1CCCN(C(=O)Nc2ccc(Cl)cc2)CC1. The van der Waals surface area contributed by atoms with E-state index in [1.165, 1.54) is 0 Å². The van der Waals surface area contributed by atoms with Gasteiger partial charge in [-0.2, -0.15) is 5.10 Å². The van der Waals surface area contributed by atoms with Gasteiger partial charge in [0.1, 0.15) is 0 Å². The topological polar surface area (TPSA) is 83.4 Å². The van der Waals surface area contributed by atoms with Gasteiger partial charge in [-0.05, 0) is 57.5 Å². The molecule has 1 saturated heterocycles. The number of halogens is 1. The van der Waals surface area contributed by atoms with Crippen molar-refractivity contribution in [3.05, 3.63) is 52.8 Å². The van der Waals surface area contributed by atoms with Crippen LogP contribution in [-0.4, -0.2) is 62.7 Å². The molecule has 3 aromatic rings. The maximum absolute atomic E-state index is 13.3. The van der Waals surface area contributed by atoms with E-state index in [2.05, 4.69) is 29.2 Å². The zero-order valence-electron chi connectivity index (χ0n) is 18.5. The number of nitrogens with zero attached hydrogens (tertiary/aromatic N) is 5. The van der Waals surface area contributed by atoms with E-state index in [4.69, 9.17) is 11.6 Å². The van der Waals surface area contributed by atoms with E-state index in [1.54, 1.807) is 40.3 Å². The average Bonchev–Trinajstić information content (AvgIpc) is 3.01. The van der Waals surface area contributed by atoms with Crippen molar-refractivity contribution in [2.24, 2.45) is 0 Å². The lowest BCUT2D eigenvalue weighted by Gasteiger charge is -2.23. The first-order valence-corrected chi connectivity index (χ1v) is 11.2. The highest BCUT2D eigenvalue weighted by molar-refractivity contribution is 6.30. The molecule has 0 aliphatic carbocycles. The Bertz CT molecular complexity index is 1140. The van der Waals surface area contributed by atoms with Crippen molar-refractivity contribution in [3.63, 3.8) is 0 Å². The van der Waals surface area contributed by atoms with E-state index in [-0.39, 0.29) is 18.0 Å². The number of hydrogen-bond acceptors (Lipinski definition) is 4. The number of rotatable bonds is 3. The number of nitrogens with one attached hydrogen (secondary N) is 1. The molecule has 32 heavy (non-hydrogen) atoms. The first kappa shape index (κ1) is 22.1. The highest BCUT2D eigenvalue weighted by atomic mass is 35.5. The van der Waals surface area contributed by atoms with Crippen LogP contribution in [0.2, 0.25) is 5.02 Å². The summed E-state index contributed by atoms with van der Waals surface area (Å²) in [6.07, 6.45) is 2.46. The zero-order chi connectivity index (χ0) is 22.8. The fourth-order valence-corrected chi connectivity index (χ4v) is 4.02. The Hall–Kier alpha value is -3.13. The standard InChI is InChI=1S/C23H27ClN6O2/c1-15(2)30-21-17(14-25-30)13-20(16(3)26-21)22(31)28-9-4-10-29(12-11-28)23(32)27-19-7-5-18(24)6-8-19/h5-8,13-15H,4,9-12H2,1-3H3,(H,27,32).